The number of carbonyl (C=O) groups excluding carboxylic acids is 1. The van der Waals surface area contributed by atoms with Gasteiger partial charge in [-0.2, -0.15) is 0 Å². The molecule has 1 amide bonds. The topological polar surface area (TPSA) is 83.6 Å². The standard InChI is InChI=1S/C18H15N5OS/c24-15(19-12-6-2-1-3-7-12)10-11-25-18-21-17-16(22-23-18)13-8-4-5-9-14(13)20-17/h1-9H,10-11H2,(H,19,24)(H,20,21,23). The molecule has 0 fully saturated rings. The number of para-hydroxylation sites is 2. The Hall–Kier alpha value is -2.93. The Kier molecular flexibility index (Phi) is 4.30. The minimum atomic E-state index is -0.0293. The maximum atomic E-state index is 11.9. The summed E-state index contributed by atoms with van der Waals surface area (Å²) >= 11 is 1.42. The summed E-state index contributed by atoms with van der Waals surface area (Å²) < 4.78 is 0. The minimum absolute atomic E-state index is 0.0293. The van der Waals surface area contributed by atoms with Crippen molar-refractivity contribution in [1.29, 1.82) is 0 Å². The van der Waals surface area contributed by atoms with Crippen LogP contribution in [0.15, 0.2) is 59.8 Å². The molecule has 7 heteroatoms. The lowest BCUT2D eigenvalue weighted by atomic mass is 10.2. The number of nitrogens with zero attached hydrogens (tertiary/aromatic N) is 3. The molecule has 4 rings (SSSR count). The van der Waals surface area contributed by atoms with Gasteiger partial charge in [-0.1, -0.05) is 48.2 Å². The van der Waals surface area contributed by atoms with Crippen molar-refractivity contribution in [2.24, 2.45) is 0 Å². The van der Waals surface area contributed by atoms with Crippen LogP contribution in [0.2, 0.25) is 0 Å². The Morgan fingerprint density at radius 2 is 1.84 bits per heavy atom. The third-order valence-corrected chi connectivity index (χ3v) is 4.56. The van der Waals surface area contributed by atoms with Crippen molar-refractivity contribution in [1.82, 2.24) is 20.2 Å². The maximum Gasteiger partial charge on any atom is 0.225 e. The molecule has 0 aliphatic heterocycles. The molecule has 0 unspecified atom stereocenters. The van der Waals surface area contributed by atoms with Crippen LogP contribution in [0.5, 0.6) is 0 Å². The third-order valence-electron chi connectivity index (χ3n) is 3.72. The second-order valence-electron chi connectivity index (χ2n) is 5.47. The highest BCUT2D eigenvalue weighted by Crippen LogP contribution is 2.23. The van der Waals surface area contributed by atoms with E-state index in [0.717, 1.165) is 22.1 Å². The Labute approximate surface area is 148 Å². The van der Waals surface area contributed by atoms with Gasteiger partial charge in [0, 0.05) is 28.8 Å². The fraction of sp³-hybridized carbons (Fsp3) is 0.111. The summed E-state index contributed by atoms with van der Waals surface area (Å²) in [5.74, 6) is 0.560. The largest absolute Gasteiger partial charge is 0.338 e. The molecular weight excluding hydrogens is 334 g/mol. The number of amides is 1. The molecule has 0 radical (unpaired) electrons. The summed E-state index contributed by atoms with van der Waals surface area (Å²) in [5.41, 5.74) is 3.27. The van der Waals surface area contributed by atoms with Crippen LogP contribution in [0.25, 0.3) is 22.1 Å². The van der Waals surface area contributed by atoms with E-state index < -0.39 is 0 Å². The summed E-state index contributed by atoms with van der Waals surface area (Å²) in [7, 11) is 0. The van der Waals surface area contributed by atoms with Crippen LogP contribution in [0, 0.1) is 0 Å². The van der Waals surface area contributed by atoms with Gasteiger partial charge in [0.2, 0.25) is 11.1 Å². The Morgan fingerprint density at radius 1 is 1.04 bits per heavy atom. The number of aromatic nitrogens is 4. The first-order chi connectivity index (χ1) is 12.3. The van der Waals surface area contributed by atoms with Crippen molar-refractivity contribution in [2.45, 2.75) is 11.6 Å². The number of carbonyl (C=O) groups is 1. The first-order valence-electron chi connectivity index (χ1n) is 7.88. The number of H-pyrrole nitrogens is 1. The molecule has 2 heterocycles. The fourth-order valence-electron chi connectivity index (χ4n) is 2.55. The van der Waals surface area contributed by atoms with Crippen molar-refractivity contribution < 1.29 is 4.79 Å². The quantitative estimate of drug-likeness (QED) is 0.538. The molecule has 0 atom stereocenters. The predicted octanol–water partition coefficient (Wildman–Crippen LogP) is 3.63. The smallest absolute Gasteiger partial charge is 0.225 e. The Balaban J connectivity index is 1.39. The van der Waals surface area contributed by atoms with Crippen LogP contribution >= 0.6 is 11.8 Å². The average Bonchev–Trinajstić information content (AvgIpc) is 3.00. The fourth-order valence-corrected chi connectivity index (χ4v) is 3.27. The van der Waals surface area contributed by atoms with Crippen LogP contribution in [0.3, 0.4) is 0 Å². The molecule has 0 saturated heterocycles. The summed E-state index contributed by atoms with van der Waals surface area (Å²) in [6, 6.07) is 17.3. The average molecular weight is 349 g/mol. The molecule has 124 valence electrons. The van der Waals surface area contributed by atoms with Gasteiger partial charge in [-0.3, -0.25) is 4.79 Å². The molecule has 0 spiro atoms. The van der Waals surface area contributed by atoms with Gasteiger partial charge in [0.05, 0.1) is 0 Å². The van der Waals surface area contributed by atoms with Gasteiger partial charge >= 0.3 is 0 Å². The zero-order chi connectivity index (χ0) is 17.1. The number of hydrogen-bond acceptors (Lipinski definition) is 5. The molecule has 2 N–H and O–H groups in total. The van der Waals surface area contributed by atoms with E-state index in [1.165, 1.54) is 11.8 Å². The van der Waals surface area contributed by atoms with Gasteiger partial charge < -0.3 is 10.3 Å². The van der Waals surface area contributed by atoms with Crippen molar-refractivity contribution in [3.8, 4) is 0 Å². The molecule has 0 aliphatic rings. The monoisotopic (exact) mass is 349 g/mol. The lowest BCUT2D eigenvalue weighted by Gasteiger charge is -2.04. The van der Waals surface area contributed by atoms with Gasteiger partial charge in [0.1, 0.15) is 5.52 Å². The lowest BCUT2D eigenvalue weighted by molar-refractivity contribution is -0.115. The van der Waals surface area contributed by atoms with E-state index in [4.69, 9.17) is 0 Å². The maximum absolute atomic E-state index is 11.9. The van der Waals surface area contributed by atoms with Gasteiger partial charge in [0.25, 0.3) is 0 Å². The summed E-state index contributed by atoms with van der Waals surface area (Å²) in [5, 5.41) is 12.9. The third kappa shape index (κ3) is 3.46. The van der Waals surface area contributed by atoms with Crippen molar-refractivity contribution in [3.05, 3.63) is 54.6 Å². The van der Waals surface area contributed by atoms with Gasteiger partial charge in [0.15, 0.2) is 5.65 Å². The molecule has 0 bridgehead atoms. The molecule has 25 heavy (non-hydrogen) atoms. The highest BCUT2D eigenvalue weighted by molar-refractivity contribution is 7.99. The van der Waals surface area contributed by atoms with Crippen LogP contribution in [0.4, 0.5) is 5.69 Å². The highest BCUT2D eigenvalue weighted by atomic mass is 32.2. The lowest BCUT2D eigenvalue weighted by Crippen LogP contribution is -2.12. The second kappa shape index (κ2) is 6.90. The summed E-state index contributed by atoms with van der Waals surface area (Å²) in [4.78, 5) is 19.7. The van der Waals surface area contributed by atoms with Crippen LogP contribution in [0.1, 0.15) is 6.42 Å². The van der Waals surface area contributed by atoms with Crippen LogP contribution in [-0.2, 0) is 4.79 Å². The molecule has 0 saturated carbocycles. The van der Waals surface area contributed by atoms with Gasteiger partial charge in [-0.25, -0.2) is 4.98 Å². The Bertz CT molecular complexity index is 1030. The number of nitrogens with one attached hydrogen (secondary N) is 2. The molecule has 0 aliphatic carbocycles. The number of anilines is 1. The first-order valence-corrected chi connectivity index (χ1v) is 8.87. The van der Waals surface area contributed by atoms with E-state index in [0.29, 0.717) is 23.0 Å². The molecule has 6 nitrogen and oxygen atoms in total. The van der Waals surface area contributed by atoms with E-state index >= 15 is 0 Å². The SMILES string of the molecule is O=C(CCSc1nnc2c(n1)[nH]c1ccccc12)Nc1ccccc1. The van der Waals surface area contributed by atoms with Crippen molar-refractivity contribution in [2.75, 3.05) is 11.1 Å². The number of rotatable bonds is 5. The van der Waals surface area contributed by atoms with E-state index in [9.17, 15) is 4.79 Å². The highest BCUT2D eigenvalue weighted by Gasteiger charge is 2.09. The van der Waals surface area contributed by atoms with Crippen LogP contribution in [-0.4, -0.2) is 31.8 Å². The molecular formula is C18H15N5OS. The van der Waals surface area contributed by atoms with Crippen molar-refractivity contribution >= 4 is 45.4 Å². The molecule has 2 aromatic heterocycles. The molecule has 2 aromatic carbocycles. The predicted molar refractivity (Wildman–Crippen MR) is 99.6 cm³/mol. The Morgan fingerprint density at radius 3 is 2.72 bits per heavy atom. The zero-order valence-electron chi connectivity index (χ0n) is 13.3. The first kappa shape index (κ1) is 15.6. The van der Waals surface area contributed by atoms with E-state index in [1.54, 1.807) is 0 Å². The number of fused-ring (bicyclic) bond motifs is 3. The second-order valence-corrected chi connectivity index (χ2v) is 6.54. The number of thioether (sulfide) groups is 1. The van der Waals surface area contributed by atoms with E-state index in [1.807, 2.05) is 54.6 Å². The number of benzene rings is 2. The summed E-state index contributed by atoms with van der Waals surface area (Å²) in [6.07, 6.45) is 0.383. The van der Waals surface area contributed by atoms with Gasteiger partial charge in [-0.05, 0) is 18.2 Å². The van der Waals surface area contributed by atoms with Gasteiger partial charge in [-0.15, -0.1) is 10.2 Å². The zero-order valence-corrected chi connectivity index (χ0v) is 14.1. The normalized spacial score (nSPS) is 11.0. The minimum Gasteiger partial charge on any atom is -0.338 e. The van der Waals surface area contributed by atoms with Crippen LogP contribution < -0.4 is 5.32 Å². The number of aromatic amines is 1. The summed E-state index contributed by atoms with van der Waals surface area (Å²) in [6.45, 7) is 0. The molecule has 4 aromatic rings. The van der Waals surface area contributed by atoms with E-state index in [2.05, 4.69) is 25.5 Å². The van der Waals surface area contributed by atoms with Crippen molar-refractivity contribution in [3.63, 3.8) is 0 Å². The number of hydrogen-bond donors (Lipinski definition) is 2. The van der Waals surface area contributed by atoms with E-state index in [-0.39, 0.29) is 5.91 Å².